The first-order chi connectivity index (χ1) is 13.5. The van der Waals surface area contributed by atoms with E-state index in [4.69, 9.17) is 25.8 Å². The van der Waals surface area contributed by atoms with Crippen LogP contribution in [0.1, 0.15) is 0 Å². The Morgan fingerprint density at radius 1 is 1.07 bits per heavy atom. The summed E-state index contributed by atoms with van der Waals surface area (Å²) in [6, 6.07) is 8.01. The van der Waals surface area contributed by atoms with Crippen molar-refractivity contribution in [1.29, 1.82) is 0 Å². The lowest BCUT2D eigenvalue weighted by Crippen LogP contribution is -2.28. The number of benzene rings is 2. The fourth-order valence-corrected chi connectivity index (χ4v) is 2.96. The zero-order valence-corrected chi connectivity index (χ0v) is 16.2. The fourth-order valence-electron chi connectivity index (χ4n) is 2.70. The van der Waals surface area contributed by atoms with Gasteiger partial charge in [0.25, 0.3) is 5.56 Å². The average molecular weight is 404 g/mol. The second kappa shape index (κ2) is 8.18. The Hall–Kier alpha value is -3.26. The maximum atomic E-state index is 12.7. The Kier molecular flexibility index (Phi) is 5.70. The van der Waals surface area contributed by atoms with Crippen molar-refractivity contribution in [2.24, 2.45) is 0 Å². The van der Waals surface area contributed by atoms with Crippen LogP contribution in [0.5, 0.6) is 17.2 Å². The Morgan fingerprint density at radius 3 is 2.39 bits per heavy atom. The van der Waals surface area contributed by atoms with Crippen LogP contribution in [-0.2, 0) is 11.3 Å². The maximum absolute atomic E-state index is 12.7. The molecule has 146 valence electrons. The van der Waals surface area contributed by atoms with Gasteiger partial charge in [0.2, 0.25) is 5.91 Å². The van der Waals surface area contributed by atoms with Crippen molar-refractivity contribution in [2.45, 2.75) is 6.54 Å². The minimum atomic E-state index is -0.398. The van der Waals surface area contributed by atoms with Crippen molar-refractivity contribution in [1.82, 2.24) is 9.55 Å². The van der Waals surface area contributed by atoms with Crippen molar-refractivity contribution in [2.75, 3.05) is 26.6 Å². The monoisotopic (exact) mass is 403 g/mol. The summed E-state index contributed by atoms with van der Waals surface area (Å²) in [6.45, 7) is -0.209. The van der Waals surface area contributed by atoms with E-state index >= 15 is 0 Å². The number of fused-ring (bicyclic) bond motifs is 1. The van der Waals surface area contributed by atoms with Gasteiger partial charge in [0, 0.05) is 11.8 Å². The van der Waals surface area contributed by atoms with Gasteiger partial charge in [0.15, 0.2) is 11.5 Å². The van der Waals surface area contributed by atoms with Gasteiger partial charge < -0.3 is 19.5 Å². The van der Waals surface area contributed by atoms with Crippen molar-refractivity contribution in [3.63, 3.8) is 0 Å². The number of anilines is 1. The van der Waals surface area contributed by atoms with Gasteiger partial charge in [-0.1, -0.05) is 11.6 Å². The van der Waals surface area contributed by atoms with Gasteiger partial charge >= 0.3 is 0 Å². The van der Waals surface area contributed by atoms with E-state index in [2.05, 4.69) is 10.3 Å². The highest BCUT2D eigenvalue weighted by molar-refractivity contribution is 6.32. The number of aromatic nitrogens is 2. The highest BCUT2D eigenvalue weighted by atomic mass is 35.5. The van der Waals surface area contributed by atoms with E-state index < -0.39 is 5.91 Å². The summed E-state index contributed by atoms with van der Waals surface area (Å²) < 4.78 is 16.7. The van der Waals surface area contributed by atoms with E-state index in [9.17, 15) is 9.59 Å². The van der Waals surface area contributed by atoms with E-state index in [0.717, 1.165) is 0 Å². The van der Waals surface area contributed by atoms with Gasteiger partial charge in [0.1, 0.15) is 12.3 Å². The van der Waals surface area contributed by atoms with Crippen molar-refractivity contribution in [3.8, 4) is 17.2 Å². The first-order valence-electron chi connectivity index (χ1n) is 8.21. The van der Waals surface area contributed by atoms with Crippen molar-refractivity contribution >= 4 is 34.1 Å². The molecule has 1 N–H and O–H groups in total. The Balaban J connectivity index is 1.85. The first-order valence-corrected chi connectivity index (χ1v) is 8.59. The molecule has 0 aliphatic rings. The van der Waals surface area contributed by atoms with Crippen LogP contribution >= 0.6 is 11.6 Å². The minimum Gasteiger partial charge on any atom is -0.495 e. The highest BCUT2D eigenvalue weighted by Gasteiger charge is 2.13. The lowest BCUT2D eigenvalue weighted by Gasteiger charge is -2.11. The minimum absolute atomic E-state index is 0.209. The highest BCUT2D eigenvalue weighted by Crippen LogP contribution is 2.30. The standard InChI is InChI=1S/C19H18ClN3O5/c1-26-15-5-4-11(6-13(15)20)22-18(24)9-23-10-21-14-8-17(28-3)16(27-2)7-12(14)19(23)25/h4-8,10H,9H2,1-3H3,(H,22,24). The van der Waals surface area contributed by atoms with Crippen LogP contribution in [0.15, 0.2) is 41.5 Å². The van der Waals surface area contributed by atoms with E-state index in [0.29, 0.717) is 38.9 Å². The van der Waals surface area contributed by atoms with E-state index in [1.165, 1.54) is 32.2 Å². The molecule has 2 aromatic carbocycles. The van der Waals surface area contributed by atoms with E-state index in [-0.39, 0.29) is 12.1 Å². The molecule has 1 amide bonds. The van der Waals surface area contributed by atoms with E-state index in [1.807, 2.05) is 0 Å². The normalized spacial score (nSPS) is 10.6. The fraction of sp³-hybridized carbons (Fsp3) is 0.211. The largest absolute Gasteiger partial charge is 0.495 e. The van der Waals surface area contributed by atoms with Crippen LogP contribution in [0, 0.1) is 0 Å². The summed E-state index contributed by atoms with van der Waals surface area (Å²) >= 11 is 6.05. The van der Waals surface area contributed by atoms with Crippen molar-refractivity contribution < 1.29 is 19.0 Å². The number of carbonyl (C=O) groups is 1. The third-order valence-corrected chi connectivity index (χ3v) is 4.37. The van der Waals surface area contributed by atoms with Gasteiger partial charge in [-0.15, -0.1) is 0 Å². The number of hydrogen-bond donors (Lipinski definition) is 1. The molecule has 0 atom stereocenters. The van der Waals surface area contributed by atoms with Crippen LogP contribution in [0.25, 0.3) is 10.9 Å². The number of ether oxygens (including phenoxy) is 3. The molecule has 0 radical (unpaired) electrons. The van der Waals surface area contributed by atoms with Gasteiger partial charge in [-0.05, 0) is 24.3 Å². The first kappa shape index (κ1) is 19.5. The molecule has 0 fully saturated rings. The summed E-state index contributed by atoms with van der Waals surface area (Å²) in [5.74, 6) is 0.974. The quantitative estimate of drug-likeness (QED) is 0.680. The summed E-state index contributed by atoms with van der Waals surface area (Å²) in [4.78, 5) is 29.3. The Morgan fingerprint density at radius 2 is 1.75 bits per heavy atom. The maximum Gasteiger partial charge on any atom is 0.261 e. The topological polar surface area (TPSA) is 91.7 Å². The lowest BCUT2D eigenvalue weighted by atomic mass is 10.2. The molecule has 3 aromatic rings. The second-order valence-corrected chi connectivity index (χ2v) is 6.21. The molecule has 0 saturated heterocycles. The average Bonchev–Trinajstić information content (AvgIpc) is 2.69. The number of methoxy groups -OCH3 is 3. The molecular weight excluding hydrogens is 386 g/mol. The van der Waals surface area contributed by atoms with Crippen molar-refractivity contribution in [3.05, 3.63) is 52.0 Å². The molecular formula is C19H18ClN3O5. The molecule has 3 rings (SSSR count). The predicted molar refractivity (Wildman–Crippen MR) is 106 cm³/mol. The lowest BCUT2D eigenvalue weighted by molar-refractivity contribution is -0.116. The molecule has 0 bridgehead atoms. The summed E-state index contributed by atoms with van der Waals surface area (Å²) in [6.07, 6.45) is 1.32. The SMILES string of the molecule is COc1ccc(NC(=O)Cn2cnc3cc(OC)c(OC)cc3c2=O)cc1Cl. The zero-order chi connectivity index (χ0) is 20.3. The number of amides is 1. The van der Waals surface area contributed by atoms with Crippen LogP contribution in [0.4, 0.5) is 5.69 Å². The summed E-state index contributed by atoms with van der Waals surface area (Å²) in [7, 11) is 4.48. The van der Waals surface area contributed by atoms with Gasteiger partial charge in [0.05, 0.1) is 43.6 Å². The number of halogens is 1. The summed E-state index contributed by atoms with van der Waals surface area (Å²) in [5, 5.41) is 3.37. The molecule has 0 saturated carbocycles. The van der Waals surface area contributed by atoms with E-state index in [1.54, 1.807) is 30.3 Å². The third-order valence-electron chi connectivity index (χ3n) is 4.08. The van der Waals surface area contributed by atoms with Crippen LogP contribution in [-0.4, -0.2) is 36.8 Å². The number of hydrogen-bond acceptors (Lipinski definition) is 6. The van der Waals surface area contributed by atoms with Gasteiger partial charge in [-0.3, -0.25) is 14.2 Å². The summed E-state index contributed by atoms with van der Waals surface area (Å²) in [5.41, 5.74) is 0.569. The Labute approximate surface area is 165 Å². The number of nitrogens with one attached hydrogen (secondary N) is 1. The number of nitrogens with zero attached hydrogens (tertiary/aromatic N) is 2. The second-order valence-electron chi connectivity index (χ2n) is 5.80. The number of carbonyl (C=O) groups excluding carboxylic acids is 1. The predicted octanol–water partition coefficient (Wildman–Crippen LogP) is 2.71. The molecule has 0 aliphatic heterocycles. The molecule has 1 aromatic heterocycles. The van der Waals surface area contributed by atoms with Crippen LogP contribution in [0.3, 0.4) is 0 Å². The van der Waals surface area contributed by atoms with Gasteiger partial charge in [-0.2, -0.15) is 0 Å². The molecule has 28 heavy (non-hydrogen) atoms. The zero-order valence-electron chi connectivity index (χ0n) is 15.5. The van der Waals surface area contributed by atoms with Crippen LogP contribution < -0.4 is 25.1 Å². The Bertz CT molecular complexity index is 1100. The molecule has 9 heteroatoms. The molecule has 0 unspecified atom stereocenters. The molecule has 0 spiro atoms. The molecule has 0 aliphatic carbocycles. The number of rotatable bonds is 6. The van der Waals surface area contributed by atoms with Crippen LogP contribution in [0.2, 0.25) is 5.02 Å². The molecule has 1 heterocycles. The van der Waals surface area contributed by atoms with Gasteiger partial charge in [-0.25, -0.2) is 4.98 Å². The third kappa shape index (κ3) is 3.86. The molecule has 8 nitrogen and oxygen atoms in total. The smallest absolute Gasteiger partial charge is 0.261 e.